The highest BCUT2D eigenvalue weighted by atomic mass is 16.6. The van der Waals surface area contributed by atoms with E-state index in [9.17, 15) is 14.4 Å². The average Bonchev–Trinajstić information content (AvgIpc) is 3.39. The van der Waals surface area contributed by atoms with Gasteiger partial charge in [-0.15, -0.1) is 0 Å². The number of carbonyl (C=O) groups excluding carboxylic acids is 3. The molecule has 0 bridgehead atoms. The van der Waals surface area contributed by atoms with Crippen molar-refractivity contribution >= 4 is 17.9 Å². The van der Waals surface area contributed by atoms with Crippen LogP contribution in [0.5, 0.6) is 0 Å². The molecule has 0 saturated heterocycles. The Bertz CT molecular complexity index is 1630. The number of hydrogen-bond donors (Lipinski definition) is 0. The molecule has 0 aromatic carbocycles. The number of ether oxygens (including phenoxy) is 3. The lowest BCUT2D eigenvalue weighted by Crippen LogP contribution is -2.30. The number of carbonyl (C=O) groups is 3. The Balaban J connectivity index is 4.54. The Kier molecular flexibility index (Phi) is 56.0. The van der Waals surface area contributed by atoms with Crippen LogP contribution < -0.4 is 0 Å². The Morgan fingerprint density at radius 1 is 0.288 bits per heavy atom. The van der Waals surface area contributed by atoms with Gasteiger partial charge in [0.1, 0.15) is 13.2 Å². The van der Waals surface area contributed by atoms with Crippen LogP contribution in [0.2, 0.25) is 0 Å². The first-order valence-electron chi connectivity index (χ1n) is 29.3. The van der Waals surface area contributed by atoms with Crippen LogP contribution in [-0.2, 0) is 28.6 Å². The Morgan fingerprint density at radius 2 is 0.534 bits per heavy atom. The number of esters is 3. The van der Waals surface area contributed by atoms with E-state index in [1.807, 2.05) is 0 Å². The summed E-state index contributed by atoms with van der Waals surface area (Å²) in [5.74, 6) is -1.01. The second-order valence-corrected chi connectivity index (χ2v) is 18.8. The molecule has 6 nitrogen and oxygen atoms in total. The van der Waals surface area contributed by atoms with Gasteiger partial charge >= 0.3 is 17.9 Å². The third-order valence-electron chi connectivity index (χ3n) is 11.8. The van der Waals surface area contributed by atoms with Gasteiger partial charge in [-0.25, -0.2) is 0 Å². The average molecular weight is 1010 g/mol. The predicted octanol–water partition coefficient (Wildman–Crippen LogP) is 20.0. The molecular weight excluding hydrogens is 901 g/mol. The van der Waals surface area contributed by atoms with Gasteiger partial charge in [0.25, 0.3) is 0 Å². The summed E-state index contributed by atoms with van der Waals surface area (Å²) >= 11 is 0. The molecule has 0 heterocycles. The van der Waals surface area contributed by atoms with Crippen molar-refractivity contribution < 1.29 is 28.6 Å². The smallest absolute Gasteiger partial charge is 0.306 e. The molecule has 0 aliphatic carbocycles. The second kappa shape index (κ2) is 59.8. The van der Waals surface area contributed by atoms with E-state index in [0.717, 1.165) is 116 Å². The fourth-order valence-electron chi connectivity index (χ4n) is 7.47. The van der Waals surface area contributed by atoms with Crippen LogP contribution >= 0.6 is 0 Å². The molecule has 73 heavy (non-hydrogen) atoms. The van der Waals surface area contributed by atoms with Crippen LogP contribution in [0.15, 0.2) is 146 Å². The van der Waals surface area contributed by atoms with Crippen LogP contribution in [0.3, 0.4) is 0 Å². The van der Waals surface area contributed by atoms with Gasteiger partial charge in [0.15, 0.2) is 6.10 Å². The minimum absolute atomic E-state index is 0.121. The van der Waals surface area contributed by atoms with E-state index in [0.29, 0.717) is 25.7 Å². The number of allylic oxidation sites excluding steroid dienone is 24. The SMILES string of the molecule is CC/C=C\C/C=C\C/C=C\C/C=C\C/C=C\C/C=C\CCCCC(=O)OCC(COC(=O)CCCC/C=C\C/C=C\C/C=C\C/C=C\CC)OC(=O)CCCCCCCCCCC/C=C\C/C=C\CCCCC. The van der Waals surface area contributed by atoms with Crippen LogP contribution in [0.1, 0.15) is 239 Å². The second-order valence-electron chi connectivity index (χ2n) is 18.8. The first-order valence-corrected chi connectivity index (χ1v) is 29.3. The van der Waals surface area contributed by atoms with Crippen LogP contribution in [0.4, 0.5) is 0 Å². The molecule has 0 amide bonds. The highest BCUT2D eigenvalue weighted by Crippen LogP contribution is 2.14. The van der Waals surface area contributed by atoms with Crippen molar-refractivity contribution in [2.24, 2.45) is 0 Å². The van der Waals surface area contributed by atoms with Crippen LogP contribution in [-0.4, -0.2) is 37.2 Å². The van der Waals surface area contributed by atoms with Crippen molar-refractivity contribution in [1.82, 2.24) is 0 Å². The number of unbranched alkanes of at least 4 members (excludes halogenated alkanes) is 16. The van der Waals surface area contributed by atoms with Crippen molar-refractivity contribution in [2.45, 2.75) is 245 Å². The molecule has 0 fully saturated rings. The molecule has 0 aromatic heterocycles. The minimum Gasteiger partial charge on any atom is -0.462 e. The third kappa shape index (κ3) is 58.1. The largest absolute Gasteiger partial charge is 0.462 e. The fraction of sp³-hybridized carbons (Fsp3) is 0.597. The van der Waals surface area contributed by atoms with Gasteiger partial charge in [0, 0.05) is 19.3 Å². The summed E-state index contributed by atoms with van der Waals surface area (Å²) in [6, 6.07) is 0. The molecule has 0 radical (unpaired) electrons. The third-order valence-corrected chi connectivity index (χ3v) is 11.8. The highest BCUT2D eigenvalue weighted by Gasteiger charge is 2.19. The quantitative estimate of drug-likeness (QED) is 0.0261. The van der Waals surface area contributed by atoms with Crippen molar-refractivity contribution in [3.05, 3.63) is 146 Å². The van der Waals surface area contributed by atoms with Crippen molar-refractivity contribution in [3.8, 4) is 0 Å². The molecule has 410 valence electrons. The van der Waals surface area contributed by atoms with Gasteiger partial charge < -0.3 is 14.2 Å². The lowest BCUT2D eigenvalue weighted by atomic mass is 10.1. The molecule has 1 atom stereocenters. The maximum Gasteiger partial charge on any atom is 0.306 e. The summed E-state index contributed by atoms with van der Waals surface area (Å²) in [6.45, 7) is 6.30. The van der Waals surface area contributed by atoms with Gasteiger partial charge in [-0.3, -0.25) is 14.4 Å². The van der Waals surface area contributed by atoms with E-state index >= 15 is 0 Å². The van der Waals surface area contributed by atoms with Gasteiger partial charge in [-0.05, 0) is 141 Å². The maximum atomic E-state index is 12.9. The molecule has 0 aromatic rings. The van der Waals surface area contributed by atoms with E-state index in [4.69, 9.17) is 14.2 Å². The molecule has 0 aliphatic rings. The Labute approximate surface area is 448 Å². The first-order chi connectivity index (χ1) is 36.0. The zero-order chi connectivity index (χ0) is 52.9. The molecular formula is C67H106O6. The van der Waals surface area contributed by atoms with E-state index < -0.39 is 6.10 Å². The van der Waals surface area contributed by atoms with Gasteiger partial charge in [-0.1, -0.05) is 224 Å². The Hall–Kier alpha value is -4.71. The zero-order valence-electron chi connectivity index (χ0n) is 46.8. The normalized spacial score (nSPS) is 13.2. The highest BCUT2D eigenvalue weighted by molar-refractivity contribution is 5.71. The van der Waals surface area contributed by atoms with Gasteiger partial charge in [0.05, 0.1) is 0 Å². The lowest BCUT2D eigenvalue weighted by Gasteiger charge is -2.18. The molecule has 0 spiro atoms. The standard InChI is InChI=1S/C67H106O6/c1-4-7-10-13-16-19-22-25-28-30-32-33-35-36-39-42-45-48-51-54-57-60-66(69)72-63-64(62-71-65(68)59-56-53-50-47-44-41-38-27-24-21-18-15-12-9-6-3)73-67(70)61-58-55-52-49-46-43-40-37-34-31-29-26-23-20-17-14-11-8-5-2/h7,9-10,12,16-21,25-29,32-33,36,38-39,44-45,47-48,64H,4-6,8,11,13-15,22-24,30-31,34-35,37,40-43,46,49-63H2,1-3H3/b10-7-,12-9-,19-16-,20-17-,21-18-,28-25-,29-26-,33-32-,38-27-,39-36-,47-44-,48-45-. The molecule has 0 rings (SSSR count). The molecule has 0 saturated carbocycles. The van der Waals surface area contributed by atoms with Crippen molar-refractivity contribution in [1.29, 1.82) is 0 Å². The maximum absolute atomic E-state index is 12.9. The number of hydrogen-bond acceptors (Lipinski definition) is 6. The van der Waals surface area contributed by atoms with Crippen molar-refractivity contribution in [2.75, 3.05) is 13.2 Å². The molecule has 0 N–H and O–H groups in total. The molecule has 0 aliphatic heterocycles. The summed E-state index contributed by atoms with van der Waals surface area (Å²) in [5, 5.41) is 0. The molecule has 6 heteroatoms. The van der Waals surface area contributed by atoms with Gasteiger partial charge in [-0.2, -0.15) is 0 Å². The van der Waals surface area contributed by atoms with E-state index in [2.05, 4.69) is 167 Å². The van der Waals surface area contributed by atoms with E-state index in [-0.39, 0.29) is 37.5 Å². The summed E-state index contributed by atoms with van der Waals surface area (Å²) in [5.41, 5.74) is 0. The first kappa shape index (κ1) is 68.3. The summed E-state index contributed by atoms with van der Waals surface area (Å²) in [6.07, 6.45) is 85.5. The van der Waals surface area contributed by atoms with E-state index in [1.165, 1.54) is 70.6 Å². The van der Waals surface area contributed by atoms with E-state index in [1.54, 1.807) is 0 Å². The summed E-state index contributed by atoms with van der Waals surface area (Å²) in [7, 11) is 0. The van der Waals surface area contributed by atoms with Crippen LogP contribution in [0, 0.1) is 0 Å². The topological polar surface area (TPSA) is 78.9 Å². The summed E-state index contributed by atoms with van der Waals surface area (Å²) < 4.78 is 16.8. The zero-order valence-corrected chi connectivity index (χ0v) is 46.8. The lowest BCUT2D eigenvalue weighted by molar-refractivity contribution is -0.167. The Morgan fingerprint density at radius 3 is 0.863 bits per heavy atom. The van der Waals surface area contributed by atoms with Gasteiger partial charge in [0.2, 0.25) is 0 Å². The molecule has 1 unspecified atom stereocenters. The monoisotopic (exact) mass is 1010 g/mol. The minimum atomic E-state index is -0.823. The number of rotatable bonds is 51. The fourth-order valence-corrected chi connectivity index (χ4v) is 7.47. The van der Waals surface area contributed by atoms with Crippen molar-refractivity contribution in [3.63, 3.8) is 0 Å². The predicted molar refractivity (Wildman–Crippen MR) is 315 cm³/mol. The summed E-state index contributed by atoms with van der Waals surface area (Å²) in [4.78, 5) is 38.2. The van der Waals surface area contributed by atoms with Crippen LogP contribution in [0.25, 0.3) is 0 Å².